The number of aliphatic hydroxyl groups excluding tert-OH is 1. The van der Waals surface area contributed by atoms with Crippen LogP contribution in [-0.4, -0.2) is 55.2 Å². The van der Waals surface area contributed by atoms with E-state index in [0.717, 1.165) is 0 Å². The second-order valence-corrected chi connectivity index (χ2v) is 6.17. The van der Waals surface area contributed by atoms with Crippen LogP contribution in [0.2, 0.25) is 0 Å². The molecule has 0 unspecified atom stereocenters. The van der Waals surface area contributed by atoms with Crippen LogP contribution in [0, 0.1) is 0 Å². The first kappa shape index (κ1) is 15.7. The van der Waals surface area contributed by atoms with Gasteiger partial charge in [0.2, 0.25) is 0 Å². The first-order chi connectivity index (χ1) is 7.22. The van der Waals surface area contributed by atoms with Crippen molar-refractivity contribution in [3.63, 3.8) is 0 Å². The summed E-state index contributed by atoms with van der Waals surface area (Å²) in [5.41, 5.74) is 0. The van der Waals surface area contributed by atoms with Crippen LogP contribution in [0.3, 0.4) is 0 Å². The summed E-state index contributed by atoms with van der Waals surface area (Å²) >= 11 is 0. The summed E-state index contributed by atoms with van der Waals surface area (Å²) in [6.07, 6.45) is -1.16. The third kappa shape index (κ3) is 7.05. The fourth-order valence-electron chi connectivity index (χ4n) is 0.628. The fourth-order valence-corrected chi connectivity index (χ4v) is 1.74. The lowest BCUT2D eigenvalue weighted by Crippen LogP contribution is -2.44. The molecule has 0 aliphatic rings. The minimum atomic E-state index is -3.63. The minimum absolute atomic E-state index is 0.296. The van der Waals surface area contributed by atoms with Gasteiger partial charge in [0, 0.05) is 27.2 Å². The Labute approximate surface area is 95.0 Å². The fraction of sp³-hybridized carbons (Fsp3) is 1.00. The topological polar surface area (TPSA) is 137 Å². The van der Waals surface area contributed by atoms with Gasteiger partial charge in [-0.1, -0.05) is 0 Å². The summed E-state index contributed by atoms with van der Waals surface area (Å²) in [5, 5.41) is 9.26. The van der Waals surface area contributed by atoms with Gasteiger partial charge in [-0.05, 0) is 0 Å². The molecule has 0 amide bonds. The van der Waals surface area contributed by atoms with Gasteiger partial charge in [-0.15, -0.1) is 0 Å². The molecule has 0 bridgehead atoms. The van der Waals surface area contributed by atoms with E-state index in [0.29, 0.717) is 0 Å². The molecule has 0 heterocycles. The van der Waals surface area contributed by atoms with Crippen molar-refractivity contribution >= 4 is 20.4 Å². The lowest BCUT2D eigenvalue weighted by molar-refractivity contribution is 0.182. The molecule has 5 N–H and O–H groups in total. The highest BCUT2D eigenvalue weighted by Gasteiger charge is 2.13. The van der Waals surface area contributed by atoms with Crippen molar-refractivity contribution in [3.8, 4) is 0 Å². The molecule has 11 heteroatoms. The third-order valence-electron chi connectivity index (χ3n) is 1.56. The predicted octanol–water partition coefficient (Wildman–Crippen LogP) is -3.55. The van der Waals surface area contributed by atoms with Gasteiger partial charge in [-0.2, -0.15) is 26.3 Å². The Morgan fingerprint density at radius 1 is 0.938 bits per heavy atom. The number of hydrogen-bond acceptors (Lipinski definition) is 5. The summed E-state index contributed by atoms with van der Waals surface area (Å²) in [4.78, 5) is 0. The molecule has 9 nitrogen and oxygen atoms in total. The average molecular weight is 276 g/mol. The Hall–Kier alpha value is -0.300. The maximum Gasteiger partial charge on any atom is 0.276 e. The number of nitrogens with one attached hydrogen (secondary N) is 4. The zero-order valence-corrected chi connectivity index (χ0v) is 10.5. The van der Waals surface area contributed by atoms with Gasteiger partial charge < -0.3 is 5.11 Å². The summed E-state index contributed by atoms with van der Waals surface area (Å²) in [5.74, 6) is 0. The van der Waals surface area contributed by atoms with Gasteiger partial charge in [0.05, 0.1) is 6.10 Å². The van der Waals surface area contributed by atoms with Crippen molar-refractivity contribution in [2.24, 2.45) is 0 Å². The molecule has 0 aliphatic heterocycles. The van der Waals surface area contributed by atoms with E-state index in [4.69, 9.17) is 0 Å². The molecule has 0 radical (unpaired) electrons. The molecule has 98 valence electrons. The van der Waals surface area contributed by atoms with E-state index in [1.54, 1.807) is 0 Å². The molecule has 0 aromatic heterocycles. The van der Waals surface area contributed by atoms with Crippen LogP contribution in [-0.2, 0) is 20.4 Å². The number of aliphatic hydroxyl groups is 1. The zero-order valence-electron chi connectivity index (χ0n) is 8.89. The van der Waals surface area contributed by atoms with Crippen LogP contribution in [0.1, 0.15) is 0 Å². The average Bonchev–Trinajstić information content (AvgIpc) is 2.24. The van der Waals surface area contributed by atoms with E-state index < -0.39 is 26.5 Å². The van der Waals surface area contributed by atoms with Crippen LogP contribution in [0.4, 0.5) is 0 Å². The van der Waals surface area contributed by atoms with Crippen LogP contribution >= 0.6 is 0 Å². The van der Waals surface area contributed by atoms with E-state index in [1.165, 1.54) is 14.1 Å². The highest BCUT2D eigenvalue weighted by atomic mass is 32.2. The molecule has 0 aliphatic carbocycles. The van der Waals surface area contributed by atoms with Gasteiger partial charge in [-0.25, -0.2) is 9.44 Å². The molecule has 0 aromatic carbocycles. The Morgan fingerprint density at radius 2 is 1.25 bits per heavy atom. The van der Waals surface area contributed by atoms with Crippen LogP contribution < -0.4 is 18.9 Å². The predicted molar refractivity (Wildman–Crippen MR) is 58.0 cm³/mol. The lowest BCUT2D eigenvalue weighted by atomic mass is 10.4. The second kappa shape index (κ2) is 6.44. The lowest BCUT2D eigenvalue weighted by Gasteiger charge is -2.12. The van der Waals surface area contributed by atoms with Crippen molar-refractivity contribution in [1.82, 2.24) is 18.9 Å². The Kier molecular flexibility index (Phi) is 6.32. The number of hydrogen-bond donors (Lipinski definition) is 5. The van der Waals surface area contributed by atoms with Crippen molar-refractivity contribution in [3.05, 3.63) is 0 Å². The monoisotopic (exact) mass is 276 g/mol. The van der Waals surface area contributed by atoms with Gasteiger partial charge >= 0.3 is 0 Å². The van der Waals surface area contributed by atoms with Gasteiger partial charge in [-0.3, -0.25) is 0 Å². The third-order valence-corrected chi connectivity index (χ3v) is 3.72. The molecule has 0 saturated carbocycles. The molecule has 0 atom stereocenters. The first-order valence-corrected chi connectivity index (χ1v) is 7.23. The summed E-state index contributed by atoms with van der Waals surface area (Å²) in [7, 11) is -4.84. The zero-order chi connectivity index (χ0) is 12.8. The Bertz CT molecular complexity index is 353. The van der Waals surface area contributed by atoms with E-state index in [9.17, 15) is 21.9 Å². The molecule has 0 spiro atoms. The molecule has 0 fully saturated rings. The molecular weight excluding hydrogens is 260 g/mol. The van der Waals surface area contributed by atoms with E-state index >= 15 is 0 Å². The van der Waals surface area contributed by atoms with Crippen molar-refractivity contribution in [1.29, 1.82) is 0 Å². The smallest absolute Gasteiger partial charge is 0.276 e. The SMILES string of the molecule is CNS(=O)(=O)NCC(O)CNS(=O)(=O)NC. The van der Waals surface area contributed by atoms with E-state index in [-0.39, 0.29) is 13.1 Å². The maximum absolute atomic E-state index is 10.9. The molecule has 0 aromatic rings. The molecule has 0 saturated heterocycles. The Morgan fingerprint density at radius 3 is 1.50 bits per heavy atom. The summed E-state index contributed by atoms with van der Waals surface area (Å²) in [6, 6.07) is 0. The van der Waals surface area contributed by atoms with E-state index in [1.807, 2.05) is 18.9 Å². The van der Waals surface area contributed by atoms with Gasteiger partial charge in [0.15, 0.2) is 0 Å². The van der Waals surface area contributed by atoms with Crippen molar-refractivity contribution in [2.45, 2.75) is 6.10 Å². The second-order valence-electron chi connectivity index (χ2n) is 2.77. The first-order valence-electron chi connectivity index (χ1n) is 4.26. The molecule has 16 heavy (non-hydrogen) atoms. The summed E-state index contributed by atoms with van der Waals surface area (Å²) < 4.78 is 51.5. The largest absolute Gasteiger partial charge is 0.390 e. The standard InChI is InChI=1S/C5H16N4O5S2/c1-6-15(11,12)8-3-5(10)4-9-16(13,14)7-2/h5-10H,3-4H2,1-2H3. The van der Waals surface area contributed by atoms with Crippen LogP contribution in [0.5, 0.6) is 0 Å². The minimum Gasteiger partial charge on any atom is -0.390 e. The van der Waals surface area contributed by atoms with Crippen LogP contribution in [0.15, 0.2) is 0 Å². The van der Waals surface area contributed by atoms with Crippen molar-refractivity contribution < 1.29 is 21.9 Å². The van der Waals surface area contributed by atoms with Crippen molar-refractivity contribution in [2.75, 3.05) is 27.2 Å². The van der Waals surface area contributed by atoms with Gasteiger partial charge in [0.1, 0.15) is 0 Å². The van der Waals surface area contributed by atoms with Crippen LogP contribution in [0.25, 0.3) is 0 Å². The molecular formula is C5H16N4O5S2. The maximum atomic E-state index is 10.9. The Balaban J connectivity index is 3.98. The summed E-state index contributed by atoms with van der Waals surface area (Å²) in [6.45, 7) is -0.592. The highest BCUT2D eigenvalue weighted by molar-refractivity contribution is 7.87. The number of rotatable bonds is 8. The quantitative estimate of drug-likeness (QED) is 0.313. The van der Waals surface area contributed by atoms with Gasteiger partial charge in [0.25, 0.3) is 20.4 Å². The normalized spacial score (nSPS) is 13.2. The molecule has 0 rings (SSSR count). The highest BCUT2D eigenvalue weighted by Crippen LogP contribution is 1.83. The van der Waals surface area contributed by atoms with E-state index in [2.05, 4.69) is 0 Å².